The fourth-order valence-electron chi connectivity index (χ4n) is 8.26. The molecule has 2 saturated heterocycles. The summed E-state index contributed by atoms with van der Waals surface area (Å²) >= 11 is 0. The normalized spacial score (nSPS) is 25.4. The largest absolute Gasteiger partial charge is 0.480 e. The fourth-order valence-corrected chi connectivity index (χ4v) is 8.26. The third-order valence-electron chi connectivity index (χ3n) is 10.5. The highest BCUT2D eigenvalue weighted by Gasteiger charge is 2.47. The summed E-state index contributed by atoms with van der Waals surface area (Å²) in [5.74, 6) is 0.107. The van der Waals surface area contributed by atoms with Crippen molar-refractivity contribution >= 4 is 28.6 Å². The molecular weight excluding hydrogens is 589 g/mol. The van der Waals surface area contributed by atoms with Crippen LogP contribution in [-0.4, -0.2) is 96.9 Å². The number of anilines is 2. The van der Waals surface area contributed by atoms with E-state index in [0.29, 0.717) is 53.8 Å². The summed E-state index contributed by atoms with van der Waals surface area (Å²) in [6.07, 6.45) is 7.88. The van der Waals surface area contributed by atoms with Gasteiger partial charge in [0.25, 0.3) is 0 Å². The third kappa shape index (κ3) is 5.33. The van der Waals surface area contributed by atoms with E-state index in [1.54, 1.807) is 0 Å². The first kappa shape index (κ1) is 31.0. The molecule has 2 saturated carbocycles. The highest BCUT2D eigenvalue weighted by molar-refractivity contribution is 6.01. The molecule has 7 rings (SSSR count). The van der Waals surface area contributed by atoms with E-state index < -0.39 is 11.9 Å². The van der Waals surface area contributed by atoms with E-state index in [9.17, 15) is 5.11 Å². The molecule has 3 atom stereocenters. The number of piperidine rings is 1. The fraction of sp³-hybridized carbons (Fsp3) is 0.588. The minimum absolute atomic E-state index is 0.00508. The molecule has 4 fully saturated rings. The van der Waals surface area contributed by atoms with Crippen LogP contribution in [0.3, 0.4) is 0 Å². The van der Waals surface area contributed by atoms with Crippen molar-refractivity contribution < 1.29 is 23.7 Å². The minimum atomic E-state index is -0.762. The molecule has 3 unspecified atom stereocenters. The summed E-state index contributed by atoms with van der Waals surface area (Å²) in [6, 6.07) is 2.36. The van der Waals surface area contributed by atoms with Crippen LogP contribution in [0.15, 0.2) is 6.07 Å². The highest BCUT2D eigenvalue weighted by atomic mass is 19.1. The molecule has 46 heavy (non-hydrogen) atoms. The Morgan fingerprint density at radius 1 is 1.20 bits per heavy atom. The van der Waals surface area contributed by atoms with Crippen LogP contribution in [0.4, 0.5) is 15.9 Å². The molecule has 4 N–H and O–H groups in total. The second kappa shape index (κ2) is 12.2. The molecule has 0 amide bonds. The lowest BCUT2D eigenvalue weighted by molar-refractivity contribution is 0.0133. The molecular formula is C34H44FN7O4. The van der Waals surface area contributed by atoms with E-state index >= 15 is 4.39 Å². The van der Waals surface area contributed by atoms with Crippen molar-refractivity contribution in [3.05, 3.63) is 28.6 Å². The third-order valence-corrected chi connectivity index (χ3v) is 10.5. The second-order valence-electron chi connectivity index (χ2n) is 13.6. The van der Waals surface area contributed by atoms with Crippen LogP contribution >= 0.6 is 0 Å². The molecule has 0 bridgehead atoms. The maximum atomic E-state index is 17.2. The molecule has 0 radical (unpaired) electrons. The number of aliphatic hydroxyl groups excluding tert-OH is 1. The maximum absolute atomic E-state index is 17.2. The Bertz CT molecular complexity index is 1670. The van der Waals surface area contributed by atoms with Crippen LogP contribution in [0.1, 0.15) is 67.6 Å². The van der Waals surface area contributed by atoms with E-state index in [1.807, 2.05) is 17.9 Å². The number of pyridine rings is 1. The number of fused-ring (bicyclic) bond motifs is 2. The standard InChI is InChI=1S/C34H44FN7O4/c1-19-14-23(37)22(15-36)26(25(19)20-7-8-20)29-28(35)30-27(32(38-29)44-3)31(42-12-13-45-17-21(43)16-42)40-33(39-30)46-18-34-9-4-6-24(34)41(2)11-5-10-34/h14-15,20-21,24,36,43H,4-13,16-18,37H2,1-3H3. The number of halogens is 1. The predicted molar refractivity (Wildman–Crippen MR) is 175 cm³/mol. The van der Waals surface area contributed by atoms with Gasteiger partial charge in [-0.1, -0.05) is 6.42 Å². The van der Waals surface area contributed by atoms with Gasteiger partial charge in [-0.05, 0) is 82.2 Å². The quantitative estimate of drug-likeness (QED) is 0.241. The zero-order valence-electron chi connectivity index (χ0n) is 26.9. The van der Waals surface area contributed by atoms with Gasteiger partial charge in [0.1, 0.15) is 22.4 Å². The lowest BCUT2D eigenvalue weighted by Crippen LogP contribution is -2.50. The number of ether oxygens (including phenoxy) is 3. The van der Waals surface area contributed by atoms with Gasteiger partial charge in [-0.25, -0.2) is 9.37 Å². The SMILES string of the molecule is COc1nc(-c2c(C=N)c(N)cc(C)c2C2CC2)c(F)c2nc(OCC34CCCC3N(C)CCC4)nc(N3CCOCC(O)C3)c12. The maximum Gasteiger partial charge on any atom is 0.319 e. The monoisotopic (exact) mass is 633 g/mol. The van der Waals surface area contributed by atoms with Crippen molar-refractivity contribution in [2.75, 3.05) is 64.2 Å². The lowest BCUT2D eigenvalue weighted by atomic mass is 9.76. The van der Waals surface area contributed by atoms with E-state index in [4.69, 9.17) is 40.3 Å². The number of aliphatic hydroxyl groups is 1. The molecule has 1 aromatic carbocycles. The molecule has 12 heteroatoms. The van der Waals surface area contributed by atoms with Gasteiger partial charge >= 0.3 is 6.01 Å². The van der Waals surface area contributed by atoms with Gasteiger partial charge < -0.3 is 40.3 Å². The number of aromatic nitrogens is 3. The molecule has 11 nitrogen and oxygen atoms in total. The Hall–Kier alpha value is -3.61. The molecule has 3 aromatic rings. The van der Waals surface area contributed by atoms with Gasteiger partial charge in [-0.15, -0.1) is 0 Å². The summed E-state index contributed by atoms with van der Waals surface area (Å²) in [6.45, 7) is 4.69. The number of nitrogens with zero attached hydrogens (tertiary/aromatic N) is 5. The number of likely N-dealkylation sites (tertiary alicyclic amines) is 1. The summed E-state index contributed by atoms with van der Waals surface area (Å²) in [5, 5.41) is 19.2. The molecule has 246 valence electrons. The Balaban J connectivity index is 1.42. The first-order valence-electron chi connectivity index (χ1n) is 16.5. The first-order valence-corrected chi connectivity index (χ1v) is 16.5. The van der Waals surface area contributed by atoms with Crippen LogP contribution < -0.4 is 20.1 Å². The Kier molecular flexibility index (Phi) is 8.23. The van der Waals surface area contributed by atoms with Crippen molar-refractivity contribution in [3.63, 3.8) is 0 Å². The summed E-state index contributed by atoms with van der Waals surface area (Å²) in [5.41, 5.74) is 9.66. The van der Waals surface area contributed by atoms with E-state index in [0.717, 1.165) is 62.6 Å². The van der Waals surface area contributed by atoms with Crippen LogP contribution in [-0.2, 0) is 4.74 Å². The van der Waals surface area contributed by atoms with Crippen molar-refractivity contribution in [2.24, 2.45) is 5.41 Å². The molecule has 2 aliphatic carbocycles. The van der Waals surface area contributed by atoms with Gasteiger partial charge in [-0.2, -0.15) is 9.97 Å². The van der Waals surface area contributed by atoms with Gasteiger partial charge in [-0.3, -0.25) is 0 Å². The number of methoxy groups -OCH3 is 1. The van der Waals surface area contributed by atoms with Crippen LogP contribution in [0.5, 0.6) is 11.9 Å². The average Bonchev–Trinajstić information content (AvgIpc) is 3.82. The van der Waals surface area contributed by atoms with Crippen molar-refractivity contribution in [1.82, 2.24) is 19.9 Å². The zero-order chi connectivity index (χ0) is 32.2. The Morgan fingerprint density at radius 2 is 2.00 bits per heavy atom. The summed E-state index contributed by atoms with van der Waals surface area (Å²) in [7, 11) is 3.68. The number of hydrogen-bond acceptors (Lipinski definition) is 11. The van der Waals surface area contributed by atoms with Crippen molar-refractivity contribution in [3.8, 4) is 23.1 Å². The van der Waals surface area contributed by atoms with Gasteiger partial charge in [0.15, 0.2) is 5.82 Å². The summed E-state index contributed by atoms with van der Waals surface area (Å²) in [4.78, 5) is 18.6. The zero-order valence-corrected chi connectivity index (χ0v) is 26.9. The number of nitrogens with one attached hydrogen (secondary N) is 1. The molecule has 4 aliphatic rings. The van der Waals surface area contributed by atoms with Gasteiger partial charge in [0.05, 0.1) is 33.0 Å². The average molecular weight is 634 g/mol. The Morgan fingerprint density at radius 3 is 2.76 bits per heavy atom. The smallest absolute Gasteiger partial charge is 0.319 e. The number of rotatable bonds is 8. The van der Waals surface area contributed by atoms with Gasteiger partial charge in [0.2, 0.25) is 5.88 Å². The predicted octanol–water partition coefficient (Wildman–Crippen LogP) is 4.45. The molecule has 2 aromatic heterocycles. The van der Waals surface area contributed by atoms with Crippen molar-refractivity contribution in [1.29, 1.82) is 5.41 Å². The van der Waals surface area contributed by atoms with Crippen LogP contribution in [0.2, 0.25) is 0 Å². The molecule has 2 aliphatic heterocycles. The van der Waals surface area contributed by atoms with Crippen LogP contribution in [0.25, 0.3) is 22.2 Å². The number of β-amino-alcohol motifs (C(OH)–C–C–N with tert-alkyl or cyclic N) is 1. The topological polar surface area (TPSA) is 143 Å². The van der Waals surface area contributed by atoms with Crippen LogP contribution in [0, 0.1) is 23.6 Å². The molecule has 0 spiro atoms. The lowest BCUT2D eigenvalue weighted by Gasteiger charge is -2.44. The minimum Gasteiger partial charge on any atom is -0.480 e. The van der Waals surface area contributed by atoms with E-state index in [-0.39, 0.29) is 47.6 Å². The van der Waals surface area contributed by atoms with E-state index in [1.165, 1.54) is 13.3 Å². The second-order valence-corrected chi connectivity index (χ2v) is 13.6. The number of aryl methyl sites for hydroxylation is 1. The number of nitrogen functional groups attached to an aromatic ring is 1. The number of benzene rings is 1. The highest BCUT2D eigenvalue weighted by Crippen LogP contribution is 2.50. The van der Waals surface area contributed by atoms with Crippen molar-refractivity contribution in [2.45, 2.75) is 69.9 Å². The Labute approximate surface area is 268 Å². The first-order chi connectivity index (χ1) is 22.2. The summed E-state index contributed by atoms with van der Waals surface area (Å²) < 4.78 is 35.1. The number of nitrogens with two attached hydrogens (primary N) is 1. The van der Waals surface area contributed by atoms with E-state index in [2.05, 4.69) is 11.9 Å². The molecule has 4 heterocycles. The number of hydrogen-bond donors (Lipinski definition) is 3. The van der Waals surface area contributed by atoms with Gasteiger partial charge in [0, 0.05) is 47.6 Å².